The minimum Gasteiger partial charge on any atom is -0.399 e. The summed E-state index contributed by atoms with van der Waals surface area (Å²) < 4.78 is 13.4. The number of nitrogens with zero attached hydrogens (tertiary/aromatic N) is 6. The predicted molar refractivity (Wildman–Crippen MR) is 153 cm³/mol. The smallest absolute Gasteiger partial charge is 0.171 e. The molecule has 4 atom stereocenters. The van der Waals surface area contributed by atoms with Gasteiger partial charge in [0.15, 0.2) is 12.0 Å². The molecule has 0 amide bonds. The number of hydrogen-bond donors (Lipinski definition) is 4. The van der Waals surface area contributed by atoms with E-state index in [-0.39, 0.29) is 5.82 Å². The van der Waals surface area contributed by atoms with Crippen molar-refractivity contribution >= 4 is 34.3 Å². The number of nitrogens with two attached hydrogens (primary N) is 2. The van der Waals surface area contributed by atoms with Gasteiger partial charge in [0.05, 0.1) is 28.3 Å². The molecule has 1 aromatic carbocycles. The lowest BCUT2D eigenvalue weighted by Crippen LogP contribution is -2.32. The maximum atomic E-state index is 11.0. The normalized spacial score (nSPS) is 20.3. The highest BCUT2D eigenvalue weighted by atomic mass is 32.2. The first-order chi connectivity index (χ1) is 19.9. The highest BCUT2D eigenvalue weighted by Gasteiger charge is 2.44. The molecule has 4 aromatic heterocycles. The number of nitrogen functional groups attached to an aromatic ring is 2. The van der Waals surface area contributed by atoms with Crippen molar-refractivity contribution in [2.75, 3.05) is 17.2 Å². The molecule has 13 heteroatoms. The lowest BCUT2D eigenvalue weighted by Gasteiger charge is -2.17. The van der Waals surface area contributed by atoms with Gasteiger partial charge < -0.3 is 35.5 Å². The van der Waals surface area contributed by atoms with Crippen molar-refractivity contribution in [3.05, 3.63) is 77.9 Å². The number of aliphatic hydroxyl groups excluding tert-OH is 2. The van der Waals surface area contributed by atoms with Crippen LogP contribution in [0.15, 0.2) is 60.0 Å². The van der Waals surface area contributed by atoms with Crippen LogP contribution in [0.25, 0.3) is 22.4 Å². The second-order valence-electron chi connectivity index (χ2n) is 9.54. The zero-order chi connectivity index (χ0) is 28.5. The van der Waals surface area contributed by atoms with Crippen LogP contribution >= 0.6 is 11.8 Å². The third kappa shape index (κ3) is 5.21. The van der Waals surface area contributed by atoms with Crippen LogP contribution in [0, 0.1) is 18.8 Å². The standard InChI is InChI=1S/C28H26N8O4S/c1-15-20(25(40-35-15)17-4-6-19(29)7-5-17)11-41-12-21-23(37)24(38)28(39-21)36-10-18(3-2-16-8-31-13-32-9-16)22-26(30)33-14-34-27(22)36/h4-10,13-14,21,23-24,28,37-38H,11-12,29H2,1H3,(H2,30,33,34)/t21-,23-,24-,28-/m1/s1. The molecule has 6 rings (SSSR count). The van der Waals surface area contributed by atoms with E-state index in [0.717, 1.165) is 16.8 Å². The van der Waals surface area contributed by atoms with Crippen LogP contribution in [0.1, 0.15) is 28.6 Å². The number of benzene rings is 1. The molecule has 6 N–H and O–H groups in total. The molecule has 0 radical (unpaired) electrons. The Bertz CT molecular complexity index is 1750. The summed E-state index contributed by atoms with van der Waals surface area (Å²) in [5, 5.41) is 26.6. The summed E-state index contributed by atoms with van der Waals surface area (Å²) in [6.07, 6.45) is 3.76. The second-order valence-corrected chi connectivity index (χ2v) is 10.6. The van der Waals surface area contributed by atoms with Gasteiger partial charge in [-0.05, 0) is 31.2 Å². The first-order valence-corrected chi connectivity index (χ1v) is 13.8. The zero-order valence-corrected chi connectivity index (χ0v) is 22.7. The number of thioether (sulfide) groups is 1. The number of aromatic nitrogens is 6. The number of aliphatic hydroxyl groups is 2. The van der Waals surface area contributed by atoms with E-state index >= 15 is 0 Å². The van der Waals surface area contributed by atoms with Gasteiger partial charge in [-0.2, -0.15) is 11.8 Å². The molecule has 5 heterocycles. The van der Waals surface area contributed by atoms with Crippen molar-refractivity contribution in [2.24, 2.45) is 0 Å². The lowest BCUT2D eigenvalue weighted by molar-refractivity contribution is -0.0285. The second kappa shape index (κ2) is 11.2. The number of anilines is 2. The number of rotatable bonds is 6. The van der Waals surface area contributed by atoms with E-state index in [9.17, 15) is 10.2 Å². The first-order valence-electron chi connectivity index (χ1n) is 12.7. The van der Waals surface area contributed by atoms with E-state index in [1.807, 2.05) is 31.2 Å². The molecule has 0 saturated carbocycles. The molecular formula is C28H26N8O4S. The Labute approximate surface area is 238 Å². The van der Waals surface area contributed by atoms with Crippen LogP contribution in [0.5, 0.6) is 0 Å². The van der Waals surface area contributed by atoms with E-state index in [1.54, 1.807) is 34.9 Å². The summed E-state index contributed by atoms with van der Waals surface area (Å²) in [5.74, 6) is 7.97. The highest BCUT2D eigenvalue weighted by Crippen LogP contribution is 2.37. The summed E-state index contributed by atoms with van der Waals surface area (Å²) in [7, 11) is 0. The monoisotopic (exact) mass is 570 g/mol. The van der Waals surface area contributed by atoms with Crippen LogP contribution in [-0.4, -0.2) is 63.9 Å². The summed E-state index contributed by atoms with van der Waals surface area (Å²) >= 11 is 1.54. The van der Waals surface area contributed by atoms with Crippen molar-refractivity contribution in [3.8, 4) is 23.2 Å². The fourth-order valence-corrected chi connectivity index (χ4v) is 5.86. The molecule has 41 heavy (non-hydrogen) atoms. The molecule has 1 aliphatic heterocycles. The van der Waals surface area contributed by atoms with Gasteiger partial charge in [-0.25, -0.2) is 19.9 Å². The first kappa shape index (κ1) is 26.7. The number of hydrogen-bond acceptors (Lipinski definition) is 12. The van der Waals surface area contributed by atoms with Crippen LogP contribution in [-0.2, 0) is 10.5 Å². The predicted octanol–water partition coefficient (Wildman–Crippen LogP) is 2.30. The van der Waals surface area contributed by atoms with Crippen molar-refractivity contribution in [1.82, 2.24) is 29.7 Å². The third-order valence-corrected chi connectivity index (χ3v) is 7.90. The van der Waals surface area contributed by atoms with Gasteiger partial charge in [0.25, 0.3) is 0 Å². The van der Waals surface area contributed by atoms with Crippen molar-refractivity contribution in [3.63, 3.8) is 0 Å². The number of ether oxygens (including phenoxy) is 1. The summed E-state index contributed by atoms with van der Waals surface area (Å²) in [5.41, 5.74) is 16.9. The maximum Gasteiger partial charge on any atom is 0.171 e. The third-order valence-electron chi connectivity index (χ3n) is 6.84. The number of fused-ring (bicyclic) bond motifs is 1. The van der Waals surface area contributed by atoms with Gasteiger partial charge in [0, 0.05) is 46.9 Å². The molecule has 1 saturated heterocycles. The molecule has 1 fully saturated rings. The average molecular weight is 571 g/mol. The Morgan fingerprint density at radius 2 is 1.80 bits per heavy atom. The SMILES string of the molecule is Cc1noc(-c2ccc(N)cc2)c1CSC[C@H]1O[C@@H](n2cc(C#Cc3cncnc3)c3c(N)ncnc32)[C@H](O)[C@@H]1O. The summed E-state index contributed by atoms with van der Waals surface area (Å²) in [6.45, 7) is 1.89. The minimum atomic E-state index is -1.21. The molecule has 5 aromatic rings. The van der Waals surface area contributed by atoms with Gasteiger partial charge in [-0.15, -0.1) is 0 Å². The van der Waals surface area contributed by atoms with E-state index < -0.39 is 24.5 Å². The fourth-order valence-electron chi connectivity index (χ4n) is 4.69. The highest BCUT2D eigenvalue weighted by molar-refractivity contribution is 7.98. The average Bonchev–Trinajstić information content (AvgIpc) is 3.63. The molecule has 208 valence electrons. The molecular weight excluding hydrogens is 544 g/mol. The molecule has 0 spiro atoms. The Kier molecular flexibility index (Phi) is 7.29. The summed E-state index contributed by atoms with van der Waals surface area (Å²) in [4.78, 5) is 16.4. The molecule has 1 aliphatic rings. The van der Waals surface area contributed by atoms with Crippen LogP contribution in [0.4, 0.5) is 11.5 Å². The summed E-state index contributed by atoms with van der Waals surface area (Å²) in [6, 6.07) is 7.40. The Morgan fingerprint density at radius 1 is 1.02 bits per heavy atom. The maximum absolute atomic E-state index is 11.0. The molecule has 0 aliphatic carbocycles. The topological polar surface area (TPSA) is 184 Å². The van der Waals surface area contributed by atoms with Crippen LogP contribution < -0.4 is 11.5 Å². The van der Waals surface area contributed by atoms with E-state index in [2.05, 4.69) is 36.9 Å². The molecule has 12 nitrogen and oxygen atoms in total. The van der Waals surface area contributed by atoms with Crippen molar-refractivity contribution in [2.45, 2.75) is 37.2 Å². The lowest BCUT2D eigenvalue weighted by atomic mass is 10.1. The van der Waals surface area contributed by atoms with Gasteiger partial charge in [0.2, 0.25) is 0 Å². The number of aryl methyl sites for hydroxylation is 1. The van der Waals surface area contributed by atoms with Gasteiger partial charge in [-0.3, -0.25) is 0 Å². The van der Waals surface area contributed by atoms with Gasteiger partial charge >= 0.3 is 0 Å². The zero-order valence-electron chi connectivity index (χ0n) is 21.9. The van der Waals surface area contributed by atoms with Crippen LogP contribution in [0.2, 0.25) is 0 Å². The molecule has 0 unspecified atom stereocenters. The van der Waals surface area contributed by atoms with Crippen LogP contribution in [0.3, 0.4) is 0 Å². The Balaban J connectivity index is 1.21. The van der Waals surface area contributed by atoms with Crippen molar-refractivity contribution < 1.29 is 19.5 Å². The van der Waals surface area contributed by atoms with E-state index in [0.29, 0.717) is 45.1 Å². The Morgan fingerprint density at radius 3 is 2.59 bits per heavy atom. The van der Waals surface area contributed by atoms with Gasteiger partial charge in [-0.1, -0.05) is 17.0 Å². The van der Waals surface area contributed by atoms with Gasteiger partial charge in [0.1, 0.15) is 36.3 Å². The Hall–Kier alpha value is -4.48. The molecule has 0 bridgehead atoms. The van der Waals surface area contributed by atoms with E-state index in [1.165, 1.54) is 12.7 Å². The minimum absolute atomic E-state index is 0.239. The quantitative estimate of drug-likeness (QED) is 0.173. The van der Waals surface area contributed by atoms with Crippen molar-refractivity contribution in [1.29, 1.82) is 0 Å². The van der Waals surface area contributed by atoms with E-state index in [4.69, 9.17) is 20.7 Å². The largest absolute Gasteiger partial charge is 0.399 e. The fraction of sp³-hybridized carbons (Fsp3) is 0.250.